The summed E-state index contributed by atoms with van der Waals surface area (Å²) >= 11 is 0. The second-order valence-electron chi connectivity index (χ2n) is 5.59. The van der Waals surface area contributed by atoms with Crippen LogP contribution >= 0.6 is 0 Å². The van der Waals surface area contributed by atoms with Gasteiger partial charge in [-0.05, 0) is 41.8 Å². The van der Waals surface area contributed by atoms with Gasteiger partial charge in [0, 0.05) is 6.42 Å². The number of benzene rings is 2. The summed E-state index contributed by atoms with van der Waals surface area (Å²) in [6.45, 7) is 2.66. The van der Waals surface area contributed by atoms with Gasteiger partial charge in [0.05, 0.1) is 6.21 Å². The average Bonchev–Trinajstić information content (AvgIpc) is 2.62. The minimum atomic E-state index is -0.0393. The van der Waals surface area contributed by atoms with Gasteiger partial charge in [0.2, 0.25) is 5.91 Å². The molecular weight excluding hydrogens is 300 g/mol. The van der Waals surface area contributed by atoms with E-state index in [0.29, 0.717) is 13.0 Å². The number of hydrogen-bond donors (Lipinski definition) is 1. The van der Waals surface area contributed by atoms with Gasteiger partial charge < -0.3 is 4.74 Å². The molecule has 4 heteroatoms. The smallest absolute Gasteiger partial charge is 0.240 e. The van der Waals surface area contributed by atoms with Crippen LogP contribution in [0.15, 0.2) is 59.7 Å². The molecule has 126 valence electrons. The zero-order chi connectivity index (χ0) is 17.0. The molecule has 0 bridgehead atoms. The lowest BCUT2D eigenvalue weighted by molar-refractivity contribution is -0.121. The van der Waals surface area contributed by atoms with Crippen molar-refractivity contribution in [3.05, 3.63) is 65.7 Å². The van der Waals surface area contributed by atoms with Crippen molar-refractivity contribution in [3.8, 4) is 5.75 Å². The van der Waals surface area contributed by atoms with Crippen LogP contribution in [-0.4, -0.2) is 12.1 Å². The molecule has 1 N–H and O–H groups in total. The minimum absolute atomic E-state index is 0.0393. The summed E-state index contributed by atoms with van der Waals surface area (Å²) in [5, 5.41) is 3.98. The molecule has 2 aromatic carbocycles. The van der Waals surface area contributed by atoms with Crippen molar-refractivity contribution in [2.75, 3.05) is 0 Å². The van der Waals surface area contributed by atoms with Crippen molar-refractivity contribution in [2.45, 2.75) is 39.2 Å². The molecule has 0 saturated heterocycles. The van der Waals surface area contributed by atoms with E-state index < -0.39 is 0 Å². The lowest BCUT2D eigenvalue weighted by Crippen LogP contribution is -2.16. The minimum Gasteiger partial charge on any atom is -0.489 e. The second kappa shape index (κ2) is 10.2. The maximum absolute atomic E-state index is 11.5. The second-order valence-corrected chi connectivity index (χ2v) is 5.59. The average molecular weight is 324 g/mol. The zero-order valence-corrected chi connectivity index (χ0v) is 14.1. The number of amides is 1. The number of rotatable bonds is 9. The molecule has 0 atom stereocenters. The summed E-state index contributed by atoms with van der Waals surface area (Å²) in [6.07, 6.45) is 5.25. The fourth-order valence-electron chi connectivity index (χ4n) is 2.16. The van der Waals surface area contributed by atoms with Crippen molar-refractivity contribution in [2.24, 2.45) is 5.10 Å². The van der Waals surface area contributed by atoms with Crippen LogP contribution in [0.1, 0.15) is 43.7 Å². The van der Waals surface area contributed by atoms with Crippen LogP contribution in [0.4, 0.5) is 0 Å². The lowest BCUT2D eigenvalue weighted by Gasteiger charge is -2.06. The first-order chi connectivity index (χ1) is 11.8. The molecule has 0 aromatic heterocycles. The molecule has 2 aromatic rings. The van der Waals surface area contributed by atoms with Gasteiger partial charge in [-0.25, -0.2) is 5.43 Å². The highest BCUT2D eigenvalue weighted by Crippen LogP contribution is 2.13. The van der Waals surface area contributed by atoms with Crippen molar-refractivity contribution in [1.82, 2.24) is 5.43 Å². The number of ether oxygens (including phenoxy) is 1. The van der Waals surface area contributed by atoms with Crippen LogP contribution in [0.25, 0.3) is 0 Å². The summed E-state index contributed by atoms with van der Waals surface area (Å²) in [5.74, 6) is 0.766. The van der Waals surface area contributed by atoms with E-state index in [0.717, 1.165) is 36.1 Å². The Labute approximate surface area is 143 Å². The maximum atomic E-state index is 11.5. The van der Waals surface area contributed by atoms with Gasteiger partial charge in [-0.15, -0.1) is 0 Å². The largest absolute Gasteiger partial charge is 0.489 e. The van der Waals surface area contributed by atoms with Crippen LogP contribution in [0.5, 0.6) is 5.75 Å². The van der Waals surface area contributed by atoms with Gasteiger partial charge >= 0.3 is 0 Å². The third kappa shape index (κ3) is 6.65. The first-order valence-electron chi connectivity index (χ1n) is 8.36. The molecule has 0 aliphatic carbocycles. The Hall–Kier alpha value is -2.62. The van der Waals surface area contributed by atoms with Crippen molar-refractivity contribution >= 4 is 12.1 Å². The van der Waals surface area contributed by atoms with E-state index in [4.69, 9.17) is 4.74 Å². The Bertz CT molecular complexity index is 636. The van der Waals surface area contributed by atoms with Gasteiger partial charge in [-0.1, -0.05) is 50.1 Å². The van der Waals surface area contributed by atoms with Crippen LogP contribution in [0.2, 0.25) is 0 Å². The number of hydrazone groups is 1. The Morgan fingerprint density at radius 1 is 1.08 bits per heavy atom. The van der Waals surface area contributed by atoms with E-state index in [1.165, 1.54) is 0 Å². The number of carbonyl (C=O) groups excluding carboxylic acids is 1. The molecule has 0 aliphatic heterocycles. The summed E-state index contributed by atoms with van der Waals surface area (Å²) < 4.78 is 5.73. The number of nitrogens with one attached hydrogen (secondary N) is 1. The Morgan fingerprint density at radius 2 is 1.83 bits per heavy atom. The maximum Gasteiger partial charge on any atom is 0.240 e. The molecule has 0 saturated carbocycles. The van der Waals surface area contributed by atoms with Crippen LogP contribution < -0.4 is 10.2 Å². The van der Waals surface area contributed by atoms with E-state index in [2.05, 4.69) is 17.5 Å². The quantitative estimate of drug-likeness (QED) is 0.425. The molecule has 0 aliphatic rings. The highest BCUT2D eigenvalue weighted by molar-refractivity contribution is 5.82. The molecule has 24 heavy (non-hydrogen) atoms. The standard InChI is InChI=1S/C20H24N2O2/c1-2-3-5-10-20(23)22-21-15-17-11-13-19(14-12-17)24-16-18-8-6-4-7-9-18/h4,6-9,11-15H,2-3,5,10,16H2,1H3,(H,22,23)/b21-15+. The molecule has 0 radical (unpaired) electrons. The van der Waals surface area contributed by atoms with Crippen LogP contribution in [0, 0.1) is 0 Å². The highest BCUT2D eigenvalue weighted by Gasteiger charge is 1.98. The topological polar surface area (TPSA) is 50.7 Å². The van der Waals surface area contributed by atoms with Crippen molar-refractivity contribution < 1.29 is 9.53 Å². The van der Waals surface area contributed by atoms with Crippen LogP contribution in [0.3, 0.4) is 0 Å². The fourth-order valence-corrected chi connectivity index (χ4v) is 2.16. The van der Waals surface area contributed by atoms with Crippen LogP contribution in [-0.2, 0) is 11.4 Å². The van der Waals surface area contributed by atoms with Crippen molar-refractivity contribution in [3.63, 3.8) is 0 Å². The SMILES string of the molecule is CCCCCC(=O)N/N=C/c1ccc(OCc2ccccc2)cc1. The molecule has 4 nitrogen and oxygen atoms in total. The Morgan fingerprint density at radius 3 is 2.54 bits per heavy atom. The summed E-state index contributed by atoms with van der Waals surface area (Å²) in [5.41, 5.74) is 4.60. The molecular formula is C20H24N2O2. The molecule has 0 unspecified atom stereocenters. The van der Waals surface area contributed by atoms with E-state index >= 15 is 0 Å². The van der Waals surface area contributed by atoms with Gasteiger partial charge in [0.25, 0.3) is 0 Å². The van der Waals surface area contributed by atoms with Gasteiger partial charge in [0.15, 0.2) is 0 Å². The summed E-state index contributed by atoms with van der Waals surface area (Å²) in [4.78, 5) is 11.5. The predicted octanol–water partition coefficient (Wildman–Crippen LogP) is 4.30. The summed E-state index contributed by atoms with van der Waals surface area (Å²) in [6, 6.07) is 17.7. The predicted molar refractivity (Wildman–Crippen MR) is 97.1 cm³/mol. The van der Waals surface area contributed by atoms with Crippen molar-refractivity contribution in [1.29, 1.82) is 0 Å². The molecule has 0 fully saturated rings. The van der Waals surface area contributed by atoms with E-state index in [1.807, 2.05) is 54.6 Å². The Balaban J connectivity index is 1.75. The van der Waals surface area contributed by atoms with E-state index in [9.17, 15) is 4.79 Å². The highest BCUT2D eigenvalue weighted by atomic mass is 16.5. The first-order valence-corrected chi connectivity index (χ1v) is 8.36. The van der Waals surface area contributed by atoms with E-state index in [1.54, 1.807) is 6.21 Å². The number of nitrogens with zero attached hydrogens (tertiary/aromatic N) is 1. The lowest BCUT2D eigenvalue weighted by atomic mass is 10.2. The number of carbonyl (C=O) groups is 1. The van der Waals surface area contributed by atoms with Gasteiger partial charge in [-0.2, -0.15) is 5.10 Å². The third-order valence-electron chi connectivity index (χ3n) is 3.54. The molecule has 0 heterocycles. The number of unbranched alkanes of at least 4 members (excludes halogenated alkanes) is 2. The van der Waals surface area contributed by atoms with Gasteiger partial charge in [-0.3, -0.25) is 4.79 Å². The summed E-state index contributed by atoms with van der Waals surface area (Å²) in [7, 11) is 0. The molecule has 2 rings (SSSR count). The normalized spacial score (nSPS) is 10.7. The first kappa shape index (κ1) is 17.7. The van der Waals surface area contributed by atoms with E-state index in [-0.39, 0.29) is 5.91 Å². The van der Waals surface area contributed by atoms with Gasteiger partial charge in [0.1, 0.15) is 12.4 Å². The monoisotopic (exact) mass is 324 g/mol. The fraction of sp³-hybridized carbons (Fsp3) is 0.300. The Kier molecular flexibility index (Phi) is 7.54. The zero-order valence-electron chi connectivity index (χ0n) is 14.1. The molecule has 1 amide bonds. The number of hydrogen-bond acceptors (Lipinski definition) is 3. The molecule has 0 spiro atoms. The third-order valence-corrected chi connectivity index (χ3v) is 3.54.